The Labute approximate surface area is 135 Å². The van der Waals surface area contributed by atoms with E-state index in [1.165, 1.54) is 0 Å². The molecule has 0 aromatic heterocycles. The number of benzene rings is 1. The molecule has 120 valence electrons. The number of hydrogen-bond donors (Lipinski definition) is 2. The third kappa shape index (κ3) is 4.63. The van der Waals surface area contributed by atoms with E-state index in [-0.39, 0.29) is 18.5 Å². The lowest BCUT2D eigenvalue weighted by Crippen LogP contribution is -2.44. The van der Waals surface area contributed by atoms with Crippen LogP contribution in [0.2, 0.25) is 5.02 Å². The van der Waals surface area contributed by atoms with Gasteiger partial charge in [-0.3, -0.25) is 4.79 Å². The van der Waals surface area contributed by atoms with Crippen LogP contribution in [-0.2, 0) is 4.79 Å². The maximum atomic E-state index is 12.3. The number of carbonyl (C=O) groups excluding carboxylic acids is 1. The molecule has 22 heavy (non-hydrogen) atoms. The number of carboxylic acid groups (broad SMARTS) is 1. The highest BCUT2D eigenvalue weighted by molar-refractivity contribution is 6.30. The molecule has 2 rings (SSSR count). The highest BCUT2D eigenvalue weighted by atomic mass is 35.5. The summed E-state index contributed by atoms with van der Waals surface area (Å²) < 4.78 is 0. The molecular weight excluding hydrogens is 304 g/mol. The van der Waals surface area contributed by atoms with Crippen LogP contribution in [0.15, 0.2) is 24.3 Å². The van der Waals surface area contributed by atoms with E-state index in [0.29, 0.717) is 18.0 Å². The maximum absolute atomic E-state index is 12.3. The molecular formula is C16H21ClN2O3. The maximum Gasteiger partial charge on any atom is 0.317 e. The molecule has 1 unspecified atom stereocenters. The number of hydrogen-bond acceptors (Lipinski definition) is 2. The van der Waals surface area contributed by atoms with Crippen molar-refractivity contribution in [2.45, 2.75) is 38.1 Å². The van der Waals surface area contributed by atoms with Crippen LogP contribution < -0.4 is 5.32 Å². The number of likely N-dealkylation sites (tertiary alicyclic amines) is 1. The van der Waals surface area contributed by atoms with Gasteiger partial charge in [0.15, 0.2) is 0 Å². The Morgan fingerprint density at radius 2 is 2.00 bits per heavy atom. The van der Waals surface area contributed by atoms with E-state index in [2.05, 4.69) is 5.32 Å². The molecule has 1 saturated heterocycles. The van der Waals surface area contributed by atoms with E-state index in [9.17, 15) is 9.59 Å². The van der Waals surface area contributed by atoms with Crippen molar-refractivity contribution in [2.75, 3.05) is 13.1 Å². The van der Waals surface area contributed by atoms with Crippen molar-refractivity contribution in [1.82, 2.24) is 10.2 Å². The van der Waals surface area contributed by atoms with Crippen molar-refractivity contribution in [1.29, 1.82) is 0 Å². The van der Waals surface area contributed by atoms with Gasteiger partial charge in [-0.15, -0.1) is 0 Å². The van der Waals surface area contributed by atoms with Gasteiger partial charge in [0.2, 0.25) is 0 Å². The van der Waals surface area contributed by atoms with E-state index in [0.717, 1.165) is 31.4 Å². The fraction of sp³-hybridized carbons (Fsp3) is 0.500. The lowest BCUT2D eigenvalue weighted by Gasteiger charge is -2.36. The number of halogens is 1. The summed E-state index contributed by atoms with van der Waals surface area (Å²) >= 11 is 5.92. The zero-order chi connectivity index (χ0) is 15.9. The minimum absolute atomic E-state index is 0.0606. The van der Waals surface area contributed by atoms with Crippen LogP contribution in [0.4, 0.5) is 4.79 Å². The normalized spacial score (nSPS) is 18.0. The topological polar surface area (TPSA) is 69.6 Å². The van der Waals surface area contributed by atoms with Crippen LogP contribution in [0.25, 0.3) is 0 Å². The van der Waals surface area contributed by atoms with Crippen LogP contribution in [0.5, 0.6) is 0 Å². The summed E-state index contributed by atoms with van der Waals surface area (Å²) in [6, 6.07) is 7.55. The third-order valence-electron chi connectivity index (χ3n) is 3.86. The highest BCUT2D eigenvalue weighted by Gasteiger charge is 2.27. The highest BCUT2D eigenvalue weighted by Crippen LogP contribution is 2.31. The summed E-state index contributed by atoms with van der Waals surface area (Å²) in [6.45, 7) is 1.10. The van der Waals surface area contributed by atoms with Crippen molar-refractivity contribution < 1.29 is 14.7 Å². The van der Waals surface area contributed by atoms with Crippen molar-refractivity contribution in [3.8, 4) is 0 Å². The Balaban J connectivity index is 1.95. The molecule has 1 aliphatic heterocycles. The molecule has 1 aliphatic rings. The van der Waals surface area contributed by atoms with Gasteiger partial charge in [-0.2, -0.15) is 0 Å². The van der Waals surface area contributed by atoms with Crippen LogP contribution >= 0.6 is 11.6 Å². The SMILES string of the molecule is O=C(O)CCCNC(=O)N1CCCCC1c1ccc(Cl)cc1. The number of amides is 2. The number of rotatable bonds is 5. The quantitative estimate of drug-likeness (QED) is 0.815. The molecule has 1 aromatic rings. The zero-order valence-electron chi connectivity index (χ0n) is 12.4. The van der Waals surface area contributed by atoms with Gasteiger partial charge in [0.1, 0.15) is 0 Å². The Morgan fingerprint density at radius 3 is 2.68 bits per heavy atom. The molecule has 1 fully saturated rings. The summed E-state index contributed by atoms with van der Waals surface area (Å²) in [5, 5.41) is 12.1. The van der Waals surface area contributed by atoms with Gasteiger partial charge < -0.3 is 15.3 Å². The summed E-state index contributed by atoms with van der Waals surface area (Å²) in [5.41, 5.74) is 1.09. The van der Waals surface area contributed by atoms with E-state index < -0.39 is 5.97 Å². The zero-order valence-corrected chi connectivity index (χ0v) is 13.2. The van der Waals surface area contributed by atoms with Crippen molar-refractivity contribution in [2.24, 2.45) is 0 Å². The lowest BCUT2D eigenvalue weighted by atomic mass is 9.95. The predicted molar refractivity (Wildman–Crippen MR) is 85.0 cm³/mol. The number of carboxylic acids is 1. The molecule has 1 aromatic carbocycles. The molecule has 5 nitrogen and oxygen atoms in total. The van der Waals surface area contributed by atoms with Gasteiger partial charge in [-0.25, -0.2) is 4.79 Å². The largest absolute Gasteiger partial charge is 0.481 e. The Kier molecular flexibility index (Phi) is 6.07. The first-order chi connectivity index (χ1) is 10.6. The van der Waals surface area contributed by atoms with Gasteiger partial charge in [0.05, 0.1) is 6.04 Å². The first-order valence-electron chi connectivity index (χ1n) is 7.59. The Hall–Kier alpha value is -1.75. The molecule has 6 heteroatoms. The first kappa shape index (κ1) is 16.6. The number of nitrogens with one attached hydrogen (secondary N) is 1. The van der Waals surface area contributed by atoms with Crippen LogP contribution in [0.3, 0.4) is 0 Å². The second kappa shape index (κ2) is 8.03. The van der Waals surface area contributed by atoms with Gasteiger partial charge in [-0.1, -0.05) is 23.7 Å². The van der Waals surface area contributed by atoms with Gasteiger partial charge in [0.25, 0.3) is 0 Å². The molecule has 0 aliphatic carbocycles. The fourth-order valence-electron chi connectivity index (χ4n) is 2.74. The minimum atomic E-state index is -0.841. The molecule has 1 heterocycles. The van der Waals surface area contributed by atoms with Crippen molar-refractivity contribution in [3.05, 3.63) is 34.9 Å². The second-order valence-electron chi connectivity index (χ2n) is 5.49. The van der Waals surface area contributed by atoms with Crippen LogP contribution in [0.1, 0.15) is 43.7 Å². The average molecular weight is 325 g/mol. The van der Waals surface area contributed by atoms with Crippen LogP contribution in [-0.4, -0.2) is 35.1 Å². The molecule has 1 atom stereocenters. The lowest BCUT2D eigenvalue weighted by molar-refractivity contribution is -0.137. The van der Waals surface area contributed by atoms with Crippen molar-refractivity contribution >= 4 is 23.6 Å². The minimum Gasteiger partial charge on any atom is -0.481 e. The van der Waals surface area contributed by atoms with E-state index in [4.69, 9.17) is 16.7 Å². The number of nitrogens with zero attached hydrogens (tertiary/aromatic N) is 1. The molecule has 0 spiro atoms. The molecule has 0 bridgehead atoms. The summed E-state index contributed by atoms with van der Waals surface area (Å²) in [6.07, 6.45) is 3.54. The van der Waals surface area contributed by atoms with Crippen LogP contribution in [0, 0.1) is 0 Å². The Bertz CT molecular complexity index is 519. The monoisotopic (exact) mass is 324 g/mol. The smallest absolute Gasteiger partial charge is 0.317 e. The van der Waals surface area contributed by atoms with E-state index >= 15 is 0 Å². The summed E-state index contributed by atoms with van der Waals surface area (Å²) in [4.78, 5) is 24.7. The standard InChI is InChI=1S/C16H21ClN2O3/c17-13-8-6-12(7-9-13)14-4-1-2-11-19(14)16(22)18-10-3-5-15(20)21/h6-9,14H,1-5,10-11H2,(H,18,22)(H,20,21). The first-order valence-corrected chi connectivity index (χ1v) is 7.97. The van der Waals surface area contributed by atoms with Gasteiger partial charge in [-0.05, 0) is 43.4 Å². The fourth-order valence-corrected chi connectivity index (χ4v) is 2.87. The molecule has 0 radical (unpaired) electrons. The molecule has 2 N–H and O–H groups in total. The summed E-state index contributed by atoms with van der Waals surface area (Å²) in [7, 11) is 0. The average Bonchev–Trinajstić information content (AvgIpc) is 2.52. The van der Waals surface area contributed by atoms with Gasteiger partial charge in [0, 0.05) is 24.5 Å². The Morgan fingerprint density at radius 1 is 1.27 bits per heavy atom. The predicted octanol–water partition coefficient (Wildman–Crippen LogP) is 3.44. The van der Waals surface area contributed by atoms with Crippen molar-refractivity contribution in [3.63, 3.8) is 0 Å². The number of carbonyl (C=O) groups is 2. The third-order valence-corrected chi connectivity index (χ3v) is 4.11. The van der Waals surface area contributed by atoms with E-state index in [1.807, 2.05) is 29.2 Å². The molecule has 2 amide bonds. The number of aliphatic carboxylic acids is 1. The second-order valence-corrected chi connectivity index (χ2v) is 5.92. The number of piperidine rings is 1. The number of urea groups is 1. The molecule has 0 saturated carbocycles. The van der Waals surface area contributed by atoms with Gasteiger partial charge >= 0.3 is 12.0 Å². The van der Waals surface area contributed by atoms with E-state index in [1.54, 1.807) is 0 Å². The summed E-state index contributed by atoms with van der Waals surface area (Å²) in [5.74, 6) is -0.841.